The SMILES string of the molecule is COc1cc(C(=O)NCc2cn(Cc3ccccc3)nc2-c2ccccc2)ccc1OC(F)F. The summed E-state index contributed by atoms with van der Waals surface area (Å²) in [7, 11) is 1.32. The van der Waals surface area contributed by atoms with Crippen LogP contribution < -0.4 is 14.8 Å². The van der Waals surface area contributed by atoms with Crippen molar-refractivity contribution in [3.8, 4) is 22.8 Å². The van der Waals surface area contributed by atoms with E-state index in [2.05, 4.69) is 10.1 Å². The molecule has 1 heterocycles. The summed E-state index contributed by atoms with van der Waals surface area (Å²) in [4.78, 5) is 12.8. The number of aromatic nitrogens is 2. The number of benzene rings is 3. The third kappa shape index (κ3) is 5.58. The average molecular weight is 463 g/mol. The zero-order chi connectivity index (χ0) is 23.9. The van der Waals surface area contributed by atoms with E-state index in [1.165, 1.54) is 25.3 Å². The molecule has 34 heavy (non-hydrogen) atoms. The first-order valence-electron chi connectivity index (χ1n) is 10.6. The molecule has 0 atom stereocenters. The van der Waals surface area contributed by atoms with Gasteiger partial charge in [-0.25, -0.2) is 0 Å². The van der Waals surface area contributed by atoms with Gasteiger partial charge in [-0.15, -0.1) is 0 Å². The number of hydrogen-bond donors (Lipinski definition) is 1. The molecule has 0 aliphatic carbocycles. The molecule has 0 aliphatic rings. The molecule has 3 aromatic carbocycles. The monoisotopic (exact) mass is 463 g/mol. The summed E-state index contributed by atoms with van der Waals surface area (Å²) in [6.07, 6.45) is 1.91. The lowest BCUT2D eigenvalue weighted by Gasteiger charge is -2.11. The quantitative estimate of drug-likeness (QED) is 0.373. The average Bonchev–Trinajstić information content (AvgIpc) is 3.26. The van der Waals surface area contributed by atoms with Crippen LogP contribution in [0.3, 0.4) is 0 Å². The minimum absolute atomic E-state index is 0.0496. The molecule has 1 N–H and O–H groups in total. The first-order chi connectivity index (χ1) is 16.5. The molecular weight excluding hydrogens is 440 g/mol. The van der Waals surface area contributed by atoms with Crippen LogP contribution in [0.4, 0.5) is 8.78 Å². The molecule has 6 nitrogen and oxygen atoms in total. The van der Waals surface area contributed by atoms with Gasteiger partial charge in [-0.3, -0.25) is 9.48 Å². The second kappa shape index (κ2) is 10.6. The van der Waals surface area contributed by atoms with Crippen LogP contribution in [0.5, 0.6) is 11.5 Å². The second-order valence-corrected chi connectivity index (χ2v) is 7.48. The minimum atomic E-state index is -2.99. The Balaban J connectivity index is 1.54. The normalized spacial score (nSPS) is 10.8. The number of rotatable bonds is 9. The molecule has 174 valence electrons. The van der Waals surface area contributed by atoms with Crippen LogP contribution in [0, 0.1) is 0 Å². The highest BCUT2D eigenvalue weighted by atomic mass is 19.3. The number of methoxy groups -OCH3 is 1. The Morgan fingerprint density at radius 1 is 1.00 bits per heavy atom. The molecule has 0 bridgehead atoms. The maximum atomic E-state index is 12.8. The molecule has 0 aliphatic heterocycles. The van der Waals surface area contributed by atoms with E-state index in [1.807, 2.05) is 71.5 Å². The van der Waals surface area contributed by atoms with Gasteiger partial charge in [-0.1, -0.05) is 60.7 Å². The first-order valence-corrected chi connectivity index (χ1v) is 10.6. The molecule has 0 unspecified atom stereocenters. The molecule has 1 amide bonds. The standard InChI is InChI=1S/C26H23F2N3O3/c1-33-23-14-20(12-13-22(23)34-26(27)28)25(32)29-15-21-17-31(16-18-8-4-2-5-9-18)30-24(21)19-10-6-3-7-11-19/h2-14,17,26H,15-16H2,1H3,(H,29,32). The summed E-state index contributed by atoms with van der Waals surface area (Å²) in [5, 5.41) is 7.63. The Kier molecular flexibility index (Phi) is 7.17. The molecule has 0 radical (unpaired) electrons. The zero-order valence-corrected chi connectivity index (χ0v) is 18.4. The lowest BCUT2D eigenvalue weighted by molar-refractivity contribution is -0.0512. The number of halogens is 2. The van der Waals surface area contributed by atoms with E-state index >= 15 is 0 Å². The largest absolute Gasteiger partial charge is 0.493 e. The number of nitrogens with zero attached hydrogens (tertiary/aromatic N) is 2. The van der Waals surface area contributed by atoms with Crippen LogP contribution in [0.2, 0.25) is 0 Å². The summed E-state index contributed by atoms with van der Waals surface area (Å²) < 4.78 is 36.5. The number of nitrogens with one attached hydrogen (secondary N) is 1. The summed E-state index contributed by atoms with van der Waals surface area (Å²) in [6.45, 7) is -2.16. The van der Waals surface area contributed by atoms with Crippen molar-refractivity contribution >= 4 is 5.91 Å². The van der Waals surface area contributed by atoms with Gasteiger partial charge in [-0.05, 0) is 23.8 Å². The van der Waals surface area contributed by atoms with Crippen LogP contribution in [0.15, 0.2) is 85.1 Å². The van der Waals surface area contributed by atoms with Gasteiger partial charge in [0.05, 0.1) is 19.3 Å². The van der Waals surface area contributed by atoms with Crippen molar-refractivity contribution in [2.75, 3.05) is 7.11 Å². The number of alkyl halides is 2. The van der Waals surface area contributed by atoms with Crippen molar-refractivity contribution in [3.63, 3.8) is 0 Å². The molecule has 0 fully saturated rings. The summed E-state index contributed by atoms with van der Waals surface area (Å²) >= 11 is 0. The Morgan fingerprint density at radius 3 is 2.38 bits per heavy atom. The maximum Gasteiger partial charge on any atom is 0.387 e. The smallest absolute Gasteiger partial charge is 0.387 e. The third-order valence-electron chi connectivity index (χ3n) is 5.15. The number of carbonyl (C=O) groups excluding carboxylic acids is 1. The third-order valence-corrected chi connectivity index (χ3v) is 5.15. The van der Waals surface area contributed by atoms with E-state index in [9.17, 15) is 13.6 Å². The van der Waals surface area contributed by atoms with Crippen LogP contribution in [-0.2, 0) is 13.1 Å². The highest BCUT2D eigenvalue weighted by Crippen LogP contribution is 2.29. The number of amides is 1. The molecule has 0 saturated carbocycles. The molecule has 0 saturated heterocycles. The van der Waals surface area contributed by atoms with Gasteiger partial charge in [0, 0.05) is 29.4 Å². The van der Waals surface area contributed by atoms with Crippen LogP contribution in [0.1, 0.15) is 21.5 Å². The fourth-order valence-electron chi connectivity index (χ4n) is 3.56. The highest BCUT2D eigenvalue weighted by Gasteiger charge is 2.16. The highest BCUT2D eigenvalue weighted by molar-refractivity contribution is 5.95. The first kappa shape index (κ1) is 23.0. The Labute approximate surface area is 195 Å². The lowest BCUT2D eigenvalue weighted by Crippen LogP contribution is -2.23. The van der Waals surface area contributed by atoms with E-state index in [0.29, 0.717) is 6.54 Å². The zero-order valence-electron chi connectivity index (χ0n) is 18.4. The van der Waals surface area contributed by atoms with Crippen molar-refractivity contribution in [2.24, 2.45) is 0 Å². The Hall–Kier alpha value is -4.20. The minimum Gasteiger partial charge on any atom is -0.493 e. The van der Waals surface area contributed by atoms with Crippen molar-refractivity contribution in [3.05, 3.63) is 102 Å². The van der Waals surface area contributed by atoms with E-state index < -0.39 is 6.61 Å². The number of hydrogen-bond acceptors (Lipinski definition) is 4. The lowest BCUT2D eigenvalue weighted by atomic mass is 10.1. The van der Waals surface area contributed by atoms with Gasteiger partial charge in [-0.2, -0.15) is 13.9 Å². The fraction of sp³-hybridized carbons (Fsp3) is 0.154. The van der Waals surface area contributed by atoms with Crippen molar-refractivity contribution in [1.29, 1.82) is 0 Å². The van der Waals surface area contributed by atoms with Crippen LogP contribution in [0.25, 0.3) is 11.3 Å². The fourth-order valence-corrected chi connectivity index (χ4v) is 3.56. The van der Waals surface area contributed by atoms with Crippen LogP contribution in [-0.4, -0.2) is 29.4 Å². The van der Waals surface area contributed by atoms with E-state index in [1.54, 1.807) is 0 Å². The van der Waals surface area contributed by atoms with Gasteiger partial charge < -0.3 is 14.8 Å². The Morgan fingerprint density at radius 2 is 1.71 bits per heavy atom. The molecule has 1 aromatic heterocycles. The van der Waals surface area contributed by atoms with Gasteiger partial charge in [0.1, 0.15) is 0 Å². The molecular formula is C26H23F2N3O3. The second-order valence-electron chi connectivity index (χ2n) is 7.48. The van der Waals surface area contributed by atoms with Crippen molar-refractivity contribution in [1.82, 2.24) is 15.1 Å². The molecule has 4 aromatic rings. The Bertz CT molecular complexity index is 1240. The van der Waals surface area contributed by atoms with Gasteiger partial charge >= 0.3 is 6.61 Å². The predicted molar refractivity (Wildman–Crippen MR) is 124 cm³/mol. The van der Waals surface area contributed by atoms with E-state index in [4.69, 9.17) is 9.84 Å². The van der Waals surface area contributed by atoms with Crippen LogP contribution >= 0.6 is 0 Å². The predicted octanol–water partition coefficient (Wildman–Crippen LogP) is 5.14. The van der Waals surface area contributed by atoms with Gasteiger partial charge in [0.15, 0.2) is 11.5 Å². The van der Waals surface area contributed by atoms with Crippen molar-refractivity contribution in [2.45, 2.75) is 19.7 Å². The number of ether oxygens (including phenoxy) is 2. The van der Waals surface area contributed by atoms with Gasteiger partial charge in [0.2, 0.25) is 0 Å². The molecule has 8 heteroatoms. The van der Waals surface area contributed by atoms with E-state index in [-0.39, 0.29) is 29.5 Å². The summed E-state index contributed by atoms with van der Waals surface area (Å²) in [5.41, 5.74) is 3.93. The summed E-state index contributed by atoms with van der Waals surface area (Å²) in [5.74, 6) is -0.465. The van der Waals surface area contributed by atoms with Gasteiger partial charge in [0.25, 0.3) is 5.91 Å². The maximum absolute atomic E-state index is 12.8. The molecule has 4 rings (SSSR count). The summed E-state index contributed by atoms with van der Waals surface area (Å²) in [6, 6.07) is 23.8. The number of carbonyl (C=O) groups is 1. The van der Waals surface area contributed by atoms with E-state index in [0.717, 1.165) is 22.4 Å². The van der Waals surface area contributed by atoms with Crippen molar-refractivity contribution < 1.29 is 23.0 Å². The topological polar surface area (TPSA) is 65.4 Å². The molecule has 0 spiro atoms.